The predicted molar refractivity (Wildman–Crippen MR) is 77.6 cm³/mol. The van der Waals surface area contributed by atoms with Crippen molar-refractivity contribution < 1.29 is 23.1 Å². The van der Waals surface area contributed by atoms with Gasteiger partial charge in [-0.25, -0.2) is 13.2 Å². The minimum atomic E-state index is -3.32. The zero-order valence-corrected chi connectivity index (χ0v) is 13.4. The average molecular weight is 360 g/mol. The molecule has 1 atom stereocenters. The quantitative estimate of drug-likeness (QED) is 0.804. The second-order valence-corrected chi connectivity index (χ2v) is 8.57. The number of nitrogens with one attached hydrogen (secondary N) is 1. The molecule has 0 aromatic carbocycles. The van der Waals surface area contributed by atoms with Crippen LogP contribution in [-0.2, 0) is 14.6 Å². The third kappa shape index (κ3) is 5.28. The van der Waals surface area contributed by atoms with Crippen LogP contribution in [0.1, 0.15) is 16.8 Å². The number of aliphatic carboxylic acids is 1. The Kier molecular flexibility index (Phi) is 5.81. The van der Waals surface area contributed by atoms with Crippen LogP contribution in [0.15, 0.2) is 6.07 Å². The van der Waals surface area contributed by atoms with Gasteiger partial charge in [0.05, 0.1) is 15.7 Å². The van der Waals surface area contributed by atoms with E-state index < -0.39 is 27.8 Å². The fourth-order valence-electron chi connectivity index (χ4n) is 1.32. The number of carbonyl (C=O) groups excluding carboxylic acids is 1. The zero-order chi connectivity index (χ0) is 15.5. The molecule has 0 radical (unpaired) electrons. The molecule has 0 aliphatic carbocycles. The second-order valence-electron chi connectivity index (χ2n) is 4.02. The van der Waals surface area contributed by atoms with Gasteiger partial charge in [-0.05, 0) is 12.5 Å². The van der Waals surface area contributed by atoms with Crippen molar-refractivity contribution in [2.45, 2.75) is 12.5 Å². The molecule has 0 aliphatic rings. The van der Waals surface area contributed by atoms with Crippen LogP contribution in [0.4, 0.5) is 0 Å². The van der Waals surface area contributed by atoms with Gasteiger partial charge in [-0.2, -0.15) is 0 Å². The molecule has 0 saturated heterocycles. The van der Waals surface area contributed by atoms with Crippen LogP contribution in [0.5, 0.6) is 0 Å². The van der Waals surface area contributed by atoms with Crippen molar-refractivity contribution in [1.29, 1.82) is 0 Å². The predicted octanol–water partition coefficient (Wildman–Crippen LogP) is 1.67. The SMILES string of the molecule is CS(=O)(=O)CCC(NC(=O)c1cc(Cl)sc1Cl)C(=O)O. The van der Waals surface area contributed by atoms with Crippen LogP contribution in [0, 0.1) is 0 Å². The first-order valence-corrected chi connectivity index (χ1v) is 8.89. The normalized spacial score (nSPS) is 12.9. The number of amides is 1. The minimum absolute atomic E-state index is 0.0623. The molecule has 112 valence electrons. The van der Waals surface area contributed by atoms with E-state index in [0.29, 0.717) is 4.34 Å². The molecule has 1 aromatic rings. The van der Waals surface area contributed by atoms with E-state index in [-0.39, 0.29) is 22.1 Å². The summed E-state index contributed by atoms with van der Waals surface area (Å²) in [5, 5.41) is 11.2. The Balaban J connectivity index is 2.78. The van der Waals surface area contributed by atoms with E-state index in [2.05, 4.69) is 5.32 Å². The number of sulfone groups is 1. The summed E-state index contributed by atoms with van der Waals surface area (Å²) in [5.74, 6) is -2.37. The van der Waals surface area contributed by atoms with Gasteiger partial charge in [-0.15, -0.1) is 11.3 Å². The fourth-order valence-corrected chi connectivity index (χ4v) is 3.44. The van der Waals surface area contributed by atoms with Crippen LogP contribution < -0.4 is 5.32 Å². The van der Waals surface area contributed by atoms with Crippen LogP contribution in [0.2, 0.25) is 8.67 Å². The van der Waals surface area contributed by atoms with Crippen molar-refractivity contribution in [3.8, 4) is 0 Å². The van der Waals surface area contributed by atoms with Gasteiger partial charge >= 0.3 is 5.97 Å². The summed E-state index contributed by atoms with van der Waals surface area (Å²) in [7, 11) is -3.32. The first-order chi connectivity index (χ1) is 9.10. The summed E-state index contributed by atoms with van der Waals surface area (Å²) < 4.78 is 22.5. The molecule has 1 unspecified atom stereocenters. The maximum atomic E-state index is 11.9. The van der Waals surface area contributed by atoms with Crippen LogP contribution in [0.25, 0.3) is 0 Å². The average Bonchev–Trinajstić information content (AvgIpc) is 2.61. The third-order valence-corrected chi connectivity index (χ3v) is 4.75. The van der Waals surface area contributed by atoms with E-state index >= 15 is 0 Å². The molecule has 1 amide bonds. The molecule has 0 spiro atoms. The van der Waals surface area contributed by atoms with Gasteiger partial charge in [-0.3, -0.25) is 4.79 Å². The van der Waals surface area contributed by atoms with Gasteiger partial charge in [0.25, 0.3) is 5.91 Å². The van der Waals surface area contributed by atoms with Crippen molar-refractivity contribution in [3.05, 3.63) is 20.3 Å². The van der Waals surface area contributed by atoms with Crippen molar-refractivity contribution in [2.75, 3.05) is 12.0 Å². The molecule has 2 N–H and O–H groups in total. The molecule has 0 saturated carbocycles. The van der Waals surface area contributed by atoms with Gasteiger partial charge in [0, 0.05) is 6.26 Å². The molecule has 1 heterocycles. The summed E-state index contributed by atoms with van der Waals surface area (Å²) >= 11 is 12.4. The Hall–Kier alpha value is -0.830. The molecule has 0 aliphatic heterocycles. The first kappa shape index (κ1) is 17.2. The zero-order valence-electron chi connectivity index (χ0n) is 10.2. The lowest BCUT2D eigenvalue weighted by Gasteiger charge is -2.13. The van der Waals surface area contributed by atoms with E-state index in [0.717, 1.165) is 17.6 Å². The molecule has 0 bridgehead atoms. The lowest BCUT2D eigenvalue weighted by molar-refractivity contribution is -0.139. The highest BCUT2D eigenvalue weighted by Gasteiger charge is 2.24. The van der Waals surface area contributed by atoms with E-state index in [4.69, 9.17) is 28.3 Å². The van der Waals surface area contributed by atoms with Crippen molar-refractivity contribution >= 4 is 56.3 Å². The van der Waals surface area contributed by atoms with Crippen molar-refractivity contribution in [3.63, 3.8) is 0 Å². The fraction of sp³-hybridized carbons (Fsp3) is 0.400. The number of carbonyl (C=O) groups is 2. The summed E-state index contributed by atoms with van der Waals surface area (Å²) in [6, 6.07) is 0.00582. The van der Waals surface area contributed by atoms with Gasteiger partial charge < -0.3 is 10.4 Å². The first-order valence-electron chi connectivity index (χ1n) is 5.26. The van der Waals surface area contributed by atoms with Crippen molar-refractivity contribution in [2.24, 2.45) is 0 Å². The minimum Gasteiger partial charge on any atom is -0.480 e. The molecule has 1 aromatic heterocycles. The highest BCUT2D eigenvalue weighted by molar-refractivity contribution is 7.90. The Morgan fingerprint density at radius 1 is 1.45 bits per heavy atom. The van der Waals surface area contributed by atoms with Crippen LogP contribution in [-0.4, -0.2) is 43.5 Å². The number of rotatable bonds is 6. The number of halogens is 2. The van der Waals surface area contributed by atoms with Gasteiger partial charge in [0.2, 0.25) is 0 Å². The van der Waals surface area contributed by atoms with Crippen LogP contribution in [0.3, 0.4) is 0 Å². The van der Waals surface area contributed by atoms with E-state index in [1.54, 1.807) is 0 Å². The monoisotopic (exact) mass is 359 g/mol. The van der Waals surface area contributed by atoms with Crippen LogP contribution >= 0.6 is 34.5 Å². The third-order valence-electron chi connectivity index (χ3n) is 2.28. The second kappa shape index (κ2) is 6.75. The number of carboxylic acid groups (broad SMARTS) is 1. The standard InChI is InChI=1S/C10H11Cl2NO5S2/c1-20(17,18)3-2-6(10(15)16)13-9(14)5-4-7(11)19-8(5)12/h4,6H,2-3H2,1H3,(H,13,14)(H,15,16). The Morgan fingerprint density at radius 3 is 2.45 bits per heavy atom. The molecule has 10 heteroatoms. The molecule has 6 nitrogen and oxygen atoms in total. The summed E-state index contributed by atoms with van der Waals surface area (Å²) in [5.41, 5.74) is 0.0623. The van der Waals surface area contributed by atoms with E-state index in [1.165, 1.54) is 6.07 Å². The summed E-state index contributed by atoms with van der Waals surface area (Å²) in [4.78, 5) is 22.9. The van der Waals surface area contributed by atoms with E-state index in [1.807, 2.05) is 0 Å². The summed E-state index contributed by atoms with van der Waals surface area (Å²) in [6.45, 7) is 0. The topological polar surface area (TPSA) is 101 Å². The molecule has 20 heavy (non-hydrogen) atoms. The lowest BCUT2D eigenvalue weighted by atomic mass is 10.2. The molecule has 1 rings (SSSR count). The molecular weight excluding hydrogens is 349 g/mol. The largest absolute Gasteiger partial charge is 0.480 e. The maximum Gasteiger partial charge on any atom is 0.326 e. The summed E-state index contributed by atoms with van der Waals surface area (Å²) in [6.07, 6.45) is 0.763. The number of thiophene rings is 1. The number of hydrogen-bond acceptors (Lipinski definition) is 5. The van der Waals surface area contributed by atoms with Crippen molar-refractivity contribution in [1.82, 2.24) is 5.32 Å². The molecule has 0 fully saturated rings. The number of hydrogen-bond donors (Lipinski definition) is 2. The Morgan fingerprint density at radius 2 is 2.05 bits per heavy atom. The highest BCUT2D eigenvalue weighted by Crippen LogP contribution is 2.31. The maximum absolute atomic E-state index is 11.9. The highest BCUT2D eigenvalue weighted by atomic mass is 35.5. The lowest BCUT2D eigenvalue weighted by Crippen LogP contribution is -2.41. The molecular formula is C10H11Cl2NO5S2. The van der Waals surface area contributed by atoms with E-state index in [9.17, 15) is 18.0 Å². The van der Waals surface area contributed by atoms with Gasteiger partial charge in [-0.1, -0.05) is 23.2 Å². The number of carboxylic acids is 1. The smallest absolute Gasteiger partial charge is 0.326 e. The van der Waals surface area contributed by atoms with Gasteiger partial charge in [0.15, 0.2) is 0 Å². The Bertz CT molecular complexity index is 626. The van der Waals surface area contributed by atoms with Gasteiger partial charge in [0.1, 0.15) is 20.2 Å². The Labute approximate surface area is 129 Å².